The summed E-state index contributed by atoms with van der Waals surface area (Å²) in [5.41, 5.74) is 1.08. The predicted octanol–water partition coefficient (Wildman–Crippen LogP) is 3.37. The SMILES string of the molecule is CCOc1ccc(C(C)NC(=NCc2nnc(C)n2C)NCCCOC)cc1OCC.I. The van der Waals surface area contributed by atoms with Gasteiger partial charge in [0.15, 0.2) is 23.3 Å². The third kappa shape index (κ3) is 8.45. The number of ether oxygens (including phenoxy) is 3. The van der Waals surface area contributed by atoms with E-state index < -0.39 is 0 Å². The van der Waals surface area contributed by atoms with Gasteiger partial charge in [-0.1, -0.05) is 6.07 Å². The summed E-state index contributed by atoms with van der Waals surface area (Å²) in [5.74, 6) is 3.87. The topological polar surface area (TPSA) is 94.8 Å². The summed E-state index contributed by atoms with van der Waals surface area (Å²) >= 11 is 0. The van der Waals surface area contributed by atoms with Gasteiger partial charge in [0.05, 0.1) is 19.3 Å². The molecule has 1 unspecified atom stereocenters. The first-order valence-electron chi connectivity index (χ1n) is 10.8. The first-order valence-corrected chi connectivity index (χ1v) is 10.8. The van der Waals surface area contributed by atoms with Crippen molar-refractivity contribution in [3.05, 3.63) is 35.4 Å². The van der Waals surface area contributed by atoms with Crippen molar-refractivity contribution in [3.8, 4) is 11.5 Å². The standard InChI is InChI=1S/C22H36N6O3.HI/c1-7-30-19-11-10-18(14-20(19)31-8-2)16(3)25-22(23-12-9-13-29-6)24-15-21-27-26-17(4)28(21)5;/h10-11,14,16H,7-9,12-13,15H2,1-6H3,(H2,23,24,25);1H. The molecule has 0 amide bonds. The Morgan fingerprint density at radius 3 is 2.50 bits per heavy atom. The van der Waals surface area contributed by atoms with E-state index in [1.807, 2.05) is 50.6 Å². The second kappa shape index (κ2) is 14.9. The van der Waals surface area contributed by atoms with Crippen molar-refractivity contribution in [2.24, 2.45) is 12.0 Å². The largest absolute Gasteiger partial charge is 0.490 e. The van der Waals surface area contributed by atoms with Crippen LogP contribution >= 0.6 is 24.0 Å². The van der Waals surface area contributed by atoms with Crippen LogP contribution in [0.4, 0.5) is 0 Å². The third-order valence-electron chi connectivity index (χ3n) is 4.80. The Morgan fingerprint density at radius 1 is 1.16 bits per heavy atom. The molecule has 1 atom stereocenters. The highest BCUT2D eigenvalue weighted by molar-refractivity contribution is 14.0. The van der Waals surface area contributed by atoms with Gasteiger partial charge in [-0.05, 0) is 51.8 Å². The van der Waals surface area contributed by atoms with E-state index in [0.29, 0.717) is 32.3 Å². The van der Waals surface area contributed by atoms with Gasteiger partial charge in [-0.25, -0.2) is 4.99 Å². The van der Waals surface area contributed by atoms with Gasteiger partial charge in [0.1, 0.15) is 12.4 Å². The molecule has 0 aliphatic heterocycles. The van der Waals surface area contributed by atoms with Gasteiger partial charge in [-0.15, -0.1) is 34.2 Å². The minimum absolute atomic E-state index is 0. The van der Waals surface area contributed by atoms with Gasteiger partial charge < -0.3 is 29.4 Å². The Labute approximate surface area is 208 Å². The number of aliphatic imine (C=N–C) groups is 1. The molecular weight excluding hydrogens is 523 g/mol. The van der Waals surface area contributed by atoms with Gasteiger partial charge in [0.2, 0.25) is 0 Å². The molecule has 10 heteroatoms. The molecule has 0 saturated carbocycles. The molecule has 1 aromatic heterocycles. The zero-order valence-electron chi connectivity index (χ0n) is 20.0. The van der Waals surface area contributed by atoms with E-state index in [2.05, 4.69) is 27.8 Å². The van der Waals surface area contributed by atoms with Crippen LogP contribution in [0.5, 0.6) is 11.5 Å². The Hall–Kier alpha value is -2.08. The second-order valence-electron chi connectivity index (χ2n) is 7.10. The van der Waals surface area contributed by atoms with E-state index in [9.17, 15) is 0 Å². The molecule has 0 aliphatic carbocycles. The summed E-state index contributed by atoms with van der Waals surface area (Å²) in [6, 6.07) is 6.01. The van der Waals surface area contributed by atoms with Crippen LogP contribution in [0.3, 0.4) is 0 Å². The molecule has 32 heavy (non-hydrogen) atoms. The number of nitrogens with one attached hydrogen (secondary N) is 2. The Bertz CT molecular complexity index is 843. The maximum Gasteiger partial charge on any atom is 0.192 e. The van der Waals surface area contributed by atoms with Crippen molar-refractivity contribution in [2.75, 3.05) is 33.5 Å². The molecule has 0 aliphatic rings. The molecular formula is C22H37IN6O3. The van der Waals surface area contributed by atoms with E-state index in [1.54, 1.807) is 7.11 Å². The highest BCUT2D eigenvalue weighted by atomic mass is 127. The predicted molar refractivity (Wildman–Crippen MR) is 137 cm³/mol. The first kappa shape index (κ1) is 28.0. The quantitative estimate of drug-likeness (QED) is 0.178. The third-order valence-corrected chi connectivity index (χ3v) is 4.80. The zero-order chi connectivity index (χ0) is 22.6. The number of methoxy groups -OCH3 is 1. The van der Waals surface area contributed by atoms with Crippen molar-refractivity contribution in [2.45, 2.75) is 46.7 Å². The Balaban J connectivity index is 0.00000512. The van der Waals surface area contributed by atoms with Crippen LogP contribution in [-0.4, -0.2) is 54.2 Å². The zero-order valence-corrected chi connectivity index (χ0v) is 22.3. The summed E-state index contributed by atoms with van der Waals surface area (Å²) in [6.07, 6.45) is 0.881. The average Bonchev–Trinajstić information content (AvgIpc) is 3.08. The molecule has 9 nitrogen and oxygen atoms in total. The van der Waals surface area contributed by atoms with Crippen molar-refractivity contribution < 1.29 is 14.2 Å². The molecule has 0 saturated heterocycles. The van der Waals surface area contributed by atoms with E-state index in [-0.39, 0.29) is 30.0 Å². The van der Waals surface area contributed by atoms with Crippen LogP contribution in [0, 0.1) is 6.92 Å². The fourth-order valence-corrected chi connectivity index (χ4v) is 2.94. The van der Waals surface area contributed by atoms with E-state index >= 15 is 0 Å². The normalized spacial score (nSPS) is 12.1. The van der Waals surface area contributed by atoms with Crippen LogP contribution in [-0.2, 0) is 18.3 Å². The highest BCUT2D eigenvalue weighted by Crippen LogP contribution is 2.30. The number of aryl methyl sites for hydroxylation is 1. The number of aromatic nitrogens is 3. The fourth-order valence-electron chi connectivity index (χ4n) is 2.94. The lowest BCUT2D eigenvalue weighted by atomic mass is 10.1. The molecule has 180 valence electrons. The lowest BCUT2D eigenvalue weighted by molar-refractivity contribution is 0.195. The summed E-state index contributed by atoms with van der Waals surface area (Å²) < 4.78 is 18.5. The molecule has 1 heterocycles. The fraction of sp³-hybridized carbons (Fsp3) is 0.591. The van der Waals surface area contributed by atoms with E-state index in [0.717, 1.165) is 41.7 Å². The number of guanidine groups is 1. The lowest BCUT2D eigenvalue weighted by Gasteiger charge is -2.20. The van der Waals surface area contributed by atoms with Crippen LogP contribution < -0.4 is 20.1 Å². The molecule has 0 radical (unpaired) electrons. The van der Waals surface area contributed by atoms with Gasteiger partial charge in [0, 0.05) is 27.3 Å². The number of hydrogen-bond acceptors (Lipinski definition) is 6. The van der Waals surface area contributed by atoms with E-state index in [4.69, 9.17) is 19.2 Å². The molecule has 0 spiro atoms. The number of rotatable bonds is 12. The van der Waals surface area contributed by atoms with Crippen LogP contribution in [0.2, 0.25) is 0 Å². The number of benzene rings is 1. The maximum atomic E-state index is 5.77. The minimum atomic E-state index is 0. The van der Waals surface area contributed by atoms with Crippen LogP contribution in [0.25, 0.3) is 0 Å². The summed E-state index contributed by atoms with van der Waals surface area (Å²) in [6.45, 7) is 11.0. The molecule has 2 N–H and O–H groups in total. The second-order valence-corrected chi connectivity index (χ2v) is 7.10. The molecule has 0 fully saturated rings. The number of hydrogen-bond donors (Lipinski definition) is 2. The van der Waals surface area contributed by atoms with E-state index in [1.165, 1.54) is 0 Å². The van der Waals surface area contributed by atoms with Gasteiger partial charge in [-0.3, -0.25) is 0 Å². The van der Waals surface area contributed by atoms with Gasteiger partial charge in [0.25, 0.3) is 0 Å². The maximum absolute atomic E-state index is 5.77. The first-order chi connectivity index (χ1) is 15.0. The molecule has 2 rings (SSSR count). The van der Waals surface area contributed by atoms with Gasteiger partial charge >= 0.3 is 0 Å². The molecule has 1 aromatic carbocycles. The monoisotopic (exact) mass is 560 g/mol. The summed E-state index contributed by atoms with van der Waals surface area (Å²) in [4.78, 5) is 4.71. The molecule has 0 bridgehead atoms. The Kier molecular flexibility index (Phi) is 13.0. The van der Waals surface area contributed by atoms with Crippen LogP contribution in [0.15, 0.2) is 23.2 Å². The van der Waals surface area contributed by atoms with Gasteiger partial charge in [-0.2, -0.15) is 0 Å². The number of nitrogens with zero attached hydrogens (tertiary/aromatic N) is 4. The van der Waals surface area contributed by atoms with Crippen LogP contribution in [0.1, 0.15) is 50.4 Å². The number of halogens is 1. The van der Waals surface area contributed by atoms with Crippen molar-refractivity contribution in [1.29, 1.82) is 0 Å². The summed E-state index contributed by atoms with van der Waals surface area (Å²) in [7, 11) is 3.64. The van der Waals surface area contributed by atoms with Crippen molar-refractivity contribution in [1.82, 2.24) is 25.4 Å². The van der Waals surface area contributed by atoms with Crippen molar-refractivity contribution >= 4 is 29.9 Å². The Morgan fingerprint density at radius 2 is 1.88 bits per heavy atom. The smallest absolute Gasteiger partial charge is 0.192 e. The average molecular weight is 560 g/mol. The highest BCUT2D eigenvalue weighted by Gasteiger charge is 2.13. The van der Waals surface area contributed by atoms with Crippen molar-refractivity contribution in [3.63, 3.8) is 0 Å². The minimum Gasteiger partial charge on any atom is -0.490 e. The molecule has 2 aromatic rings. The summed E-state index contributed by atoms with van der Waals surface area (Å²) in [5, 5.41) is 15.1. The lowest BCUT2D eigenvalue weighted by Crippen LogP contribution is -2.39.